The third-order valence-corrected chi connectivity index (χ3v) is 5.42. The molecule has 3 aromatic rings. The maximum Gasteiger partial charge on any atom is 0.229 e. The van der Waals surface area contributed by atoms with Gasteiger partial charge in [-0.2, -0.15) is 10.2 Å². The van der Waals surface area contributed by atoms with Gasteiger partial charge in [-0.15, -0.1) is 0 Å². The summed E-state index contributed by atoms with van der Waals surface area (Å²) in [6, 6.07) is 22.3. The van der Waals surface area contributed by atoms with Crippen molar-refractivity contribution >= 4 is 17.5 Å². The summed E-state index contributed by atoms with van der Waals surface area (Å²) in [5.41, 5.74) is 3.89. The molecule has 0 radical (unpaired) electrons. The van der Waals surface area contributed by atoms with Gasteiger partial charge in [0, 0.05) is 30.5 Å². The second kappa shape index (κ2) is 8.74. The monoisotopic (exact) mass is 383 g/mol. The van der Waals surface area contributed by atoms with Gasteiger partial charge in [-0.3, -0.25) is 0 Å². The largest absolute Gasteiger partial charge is 0.356 e. The lowest BCUT2D eigenvalue weighted by molar-refractivity contribution is 0.402. The van der Waals surface area contributed by atoms with Crippen molar-refractivity contribution in [3.05, 3.63) is 77.5 Å². The Morgan fingerprint density at radius 1 is 1.03 bits per heavy atom. The van der Waals surface area contributed by atoms with Crippen molar-refractivity contribution < 1.29 is 0 Å². The highest BCUT2D eigenvalue weighted by Gasteiger charge is 2.21. The molecule has 5 heteroatoms. The topological polar surface area (TPSA) is 64.8 Å². The minimum Gasteiger partial charge on any atom is -0.356 e. The number of nitrogens with zero attached hydrogens (tertiary/aromatic N) is 4. The smallest absolute Gasteiger partial charge is 0.229 e. The van der Waals surface area contributed by atoms with Gasteiger partial charge >= 0.3 is 0 Å². The lowest BCUT2D eigenvalue weighted by atomic mass is 9.90. The van der Waals surface area contributed by atoms with E-state index >= 15 is 0 Å². The number of aryl methyl sites for hydroxylation is 1. The van der Waals surface area contributed by atoms with E-state index in [0.29, 0.717) is 11.5 Å². The zero-order chi connectivity index (χ0) is 20.1. The van der Waals surface area contributed by atoms with E-state index in [9.17, 15) is 0 Å². The van der Waals surface area contributed by atoms with Crippen molar-refractivity contribution in [1.29, 1.82) is 5.26 Å². The van der Waals surface area contributed by atoms with Crippen LogP contribution in [0.25, 0.3) is 0 Å². The highest BCUT2D eigenvalue weighted by atomic mass is 15.2. The first-order valence-corrected chi connectivity index (χ1v) is 10.1. The molecule has 4 rings (SSSR count). The van der Waals surface area contributed by atoms with Crippen LogP contribution in [-0.4, -0.2) is 23.1 Å². The lowest BCUT2D eigenvalue weighted by Gasteiger charge is -2.33. The molecule has 0 saturated carbocycles. The molecule has 1 saturated heterocycles. The Balaban J connectivity index is 1.40. The van der Waals surface area contributed by atoms with Crippen molar-refractivity contribution in [3.8, 4) is 6.07 Å². The number of aromatic nitrogens is 2. The van der Waals surface area contributed by atoms with Crippen molar-refractivity contribution in [2.45, 2.75) is 26.2 Å². The molecule has 0 amide bonds. The highest BCUT2D eigenvalue weighted by molar-refractivity contribution is 5.57. The van der Waals surface area contributed by atoms with Crippen LogP contribution >= 0.6 is 0 Å². The summed E-state index contributed by atoms with van der Waals surface area (Å²) in [5.74, 6) is 2.30. The molecule has 0 spiro atoms. The predicted molar refractivity (Wildman–Crippen MR) is 116 cm³/mol. The molecule has 29 heavy (non-hydrogen) atoms. The number of hydrogen-bond acceptors (Lipinski definition) is 5. The van der Waals surface area contributed by atoms with E-state index in [1.165, 1.54) is 18.4 Å². The summed E-state index contributed by atoms with van der Waals surface area (Å²) in [5, 5.41) is 12.2. The van der Waals surface area contributed by atoms with E-state index in [1.54, 1.807) is 12.1 Å². The average molecular weight is 383 g/mol. The second-order valence-electron chi connectivity index (χ2n) is 7.63. The number of nitriles is 1. The zero-order valence-corrected chi connectivity index (χ0v) is 16.7. The van der Waals surface area contributed by atoms with Crippen molar-refractivity contribution in [3.63, 3.8) is 0 Å². The van der Waals surface area contributed by atoms with Gasteiger partial charge in [0.15, 0.2) is 0 Å². The molecule has 5 nitrogen and oxygen atoms in total. The van der Waals surface area contributed by atoms with E-state index in [0.717, 1.165) is 42.6 Å². The van der Waals surface area contributed by atoms with Crippen LogP contribution in [0.5, 0.6) is 0 Å². The van der Waals surface area contributed by atoms with Gasteiger partial charge in [-0.1, -0.05) is 30.3 Å². The number of piperidine rings is 1. The van der Waals surface area contributed by atoms with Gasteiger partial charge in [0.25, 0.3) is 0 Å². The summed E-state index contributed by atoms with van der Waals surface area (Å²) in [6.07, 6.45) is 3.51. The predicted octanol–water partition coefficient (Wildman–Crippen LogP) is 4.86. The van der Waals surface area contributed by atoms with Crippen LogP contribution in [0, 0.1) is 24.2 Å². The first-order chi connectivity index (χ1) is 14.2. The van der Waals surface area contributed by atoms with Crippen LogP contribution in [0.3, 0.4) is 0 Å². The van der Waals surface area contributed by atoms with Gasteiger partial charge in [-0.25, -0.2) is 4.98 Å². The minimum atomic E-state index is 0.594. The highest BCUT2D eigenvalue weighted by Crippen LogP contribution is 2.26. The van der Waals surface area contributed by atoms with Crippen LogP contribution in [0.1, 0.15) is 29.7 Å². The number of rotatable bonds is 5. The summed E-state index contributed by atoms with van der Waals surface area (Å²) >= 11 is 0. The molecule has 0 atom stereocenters. The first-order valence-electron chi connectivity index (χ1n) is 10.1. The van der Waals surface area contributed by atoms with Crippen molar-refractivity contribution in [1.82, 2.24) is 9.97 Å². The summed E-state index contributed by atoms with van der Waals surface area (Å²) in [4.78, 5) is 11.6. The molecular weight excluding hydrogens is 358 g/mol. The Kier molecular flexibility index (Phi) is 5.71. The van der Waals surface area contributed by atoms with Gasteiger partial charge in [-0.05, 0) is 61.9 Å². The molecule has 1 aliphatic rings. The van der Waals surface area contributed by atoms with E-state index < -0.39 is 0 Å². The zero-order valence-electron chi connectivity index (χ0n) is 16.7. The maximum absolute atomic E-state index is 8.94. The van der Waals surface area contributed by atoms with Gasteiger partial charge in [0.2, 0.25) is 5.95 Å². The van der Waals surface area contributed by atoms with Crippen LogP contribution in [0.2, 0.25) is 0 Å². The number of anilines is 3. The molecular formula is C24H25N5. The Labute approximate surface area is 172 Å². The molecule has 1 N–H and O–H groups in total. The Morgan fingerprint density at radius 2 is 1.76 bits per heavy atom. The molecule has 1 fully saturated rings. The molecule has 2 aromatic carbocycles. The second-order valence-corrected chi connectivity index (χ2v) is 7.63. The average Bonchev–Trinajstić information content (AvgIpc) is 2.75. The summed E-state index contributed by atoms with van der Waals surface area (Å²) in [6.45, 7) is 4.03. The quantitative estimate of drug-likeness (QED) is 0.682. The number of hydrogen-bond donors (Lipinski definition) is 1. The summed E-state index contributed by atoms with van der Waals surface area (Å²) in [7, 11) is 0. The Bertz CT molecular complexity index is 984. The SMILES string of the molecule is Cc1cc(N2CCC(Cc3ccccc3)CC2)nc(Nc2ccc(C#N)cc2)n1. The molecule has 0 aliphatic carbocycles. The summed E-state index contributed by atoms with van der Waals surface area (Å²) < 4.78 is 0. The Morgan fingerprint density at radius 3 is 2.45 bits per heavy atom. The third-order valence-electron chi connectivity index (χ3n) is 5.42. The molecule has 146 valence electrons. The molecule has 0 bridgehead atoms. The van der Waals surface area contributed by atoms with Gasteiger partial charge in [0.05, 0.1) is 11.6 Å². The van der Waals surface area contributed by atoms with E-state index in [4.69, 9.17) is 10.2 Å². The molecule has 0 unspecified atom stereocenters. The third kappa shape index (κ3) is 4.91. The van der Waals surface area contributed by atoms with Crippen LogP contribution in [-0.2, 0) is 6.42 Å². The van der Waals surface area contributed by atoms with E-state index in [-0.39, 0.29) is 0 Å². The van der Waals surface area contributed by atoms with Crippen LogP contribution < -0.4 is 10.2 Å². The lowest BCUT2D eigenvalue weighted by Crippen LogP contribution is -2.35. The van der Waals surface area contributed by atoms with Crippen LogP contribution in [0.15, 0.2) is 60.7 Å². The first kappa shape index (κ1) is 18.9. The molecule has 1 aromatic heterocycles. The van der Waals surface area contributed by atoms with Crippen LogP contribution in [0.4, 0.5) is 17.5 Å². The standard InChI is InChI=1S/C24H25N5/c1-18-15-23(28-24(26-18)27-22-9-7-21(17-25)8-10-22)29-13-11-20(12-14-29)16-19-5-3-2-4-6-19/h2-10,15,20H,11-14,16H2,1H3,(H,26,27,28). The fourth-order valence-corrected chi connectivity index (χ4v) is 3.84. The van der Waals surface area contributed by atoms with Crippen molar-refractivity contribution in [2.75, 3.05) is 23.3 Å². The molecule has 2 heterocycles. The normalized spacial score (nSPS) is 14.4. The maximum atomic E-state index is 8.94. The number of benzene rings is 2. The fraction of sp³-hybridized carbons (Fsp3) is 0.292. The van der Waals surface area contributed by atoms with Gasteiger partial charge < -0.3 is 10.2 Å². The van der Waals surface area contributed by atoms with E-state index in [1.807, 2.05) is 19.1 Å². The Hall–Kier alpha value is -3.39. The molecule has 1 aliphatic heterocycles. The van der Waals surface area contributed by atoms with E-state index in [2.05, 4.69) is 57.7 Å². The van der Waals surface area contributed by atoms with Gasteiger partial charge in [0.1, 0.15) is 5.82 Å². The fourth-order valence-electron chi connectivity index (χ4n) is 3.84. The minimum absolute atomic E-state index is 0.594. The number of nitrogens with one attached hydrogen (secondary N) is 1. The van der Waals surface area contributed by atoms with Crippen molar-refractivity contribution in [2.24, 2.45) is 5.92 Å².